The summed E-state index contributed by atoms with van der Waals surface area (Å²) in [5, 5.41) is 4.51. The number of aryl methyl sites for hydroxylation is 1. The van der Waals surface area contributed by atoms with Gasteiger partial charge in [0.15, 0.2) is 0 Å². The van der Waals surface area contributed by atoms with Crippen LogP contribution < -0.4 is 5.32 Å². The number of rotatable bonds is 1. The highest BCUT2D eigenvalue weighted by molar-refractivity contribution is 6.31. The highest BCUT2D eigenvalue weighted by Crippen LogP contribution is 2.42. The molecule has 1 aliphatic carbocycles. The standard InChI is InChI=1S/C16H23ClN2/c1-11-13(15-10-18-8-9-19(15)2)7-6-12-4-3-5-14(17)16(11)12/h3-5,11,13,15,18H,6-10H2,1-2H3. The van der Waals surface area contributed by atoms with E-state index in [2.05, 4.69) is 36.3 Å². The molecule has 2 nitrogen and oxygen atoms in total. The van der Waals surface area contributed by atoms with E-state index in [1.54, 1.807) is 0 Å². The van der Waals surface area contributed by atoms with Gasteiger partial charge >= 0.3 is 0 Å². The summed E-state index contributed by atoms with van der Waals surface area (Å²) in [6, 6.07) is 7.02. The Kier molecular flexibility index (Phi) is 3.84. The van der Waals surface area contributed by atoms with Gasteiger partial charge in [0, 0.05) is 30.7 Å². The first-order valence-electron chi connectivity index (χ1n) is 7.36. The van der Waals surface area contributed by atoms with E-state index in [1.165, 1.54) is 24.0 Å². The molecule has 1 heterocycles. The van der Waals surface area contributed by atoms with Gasteiger partial charge in [0.1, 0.15) is 0 Å². The van der Waals surface area contributed by atoms with Gasteiger partial charge in [-0.25, -0.2) is 0 Å². The smallest absolute Gasteiger partial charge is 0.0443 e. The fourth-order valence-electron chi connectivity index (χ4n) is 3.93. The molecule has 1 N–H and O–H groups in total. The first kappa shape index (κ1) is 13.4. The van der Waals surface area contributed by atoms with E-state index >= 15 is 0 Å². The fourth-order valence-corrected chi connectivity index (χ4v) is 4.29. The highest BCUT2D eigenvalue weighted by Gasteiger charge is 2.36. The summed E-state index contributed by atoms with van der Waals surface area (Å²) >= 11 is 6.45. The number of hydrogen-bond acceptors (Lipinski definition) is 2. The molecule has 0 radical (unpaired) electrons. The number of fused-ring (bicyclic) bond motifs is 1. The van der Waals surface area contributed by atoms with Crippen molar-refractivity contribution >= 4 is 11.6 Å². The van der Waals surface area contributed by atoms with Crippen molar-refractivity contribution in [3.63, 3.8) is 0 Å². The lowest BCUT2D eigenvalue weighted by atomic mass is 9.72. The maximum Gasteiger partial charge on any atom is 0.0443 e. The van der Waals surface area contributed by atoms with Crippen molar-refractivity contribution in [1.29, 1.82) is 0 Å². The molecular weight excluding hydrogens is 256 g/mol. The molecule has 3 unspecified atom stereocenters. The first-order chi connectivity index (χ1) is 9.18. The summed E-state index contributed by atoms with van der Waals surface area (Å²) < 4.78 is 0. The van der Waals surface area contributed by atoms with E-state index in [0.29, 0.717) is 17.9 Å². The van der Waals surface area contributed by atoms with Crippen molar-refractivity contribution in [1.82, 2.24) is 10.2 Å². The molecule has 1 aliphatic heterocycles. The number of benzene rings is 1. The third kappa shape index (κ3) is 2.42. The number of halogens is 1. The Balaban J connectivity index is 1.88. The Morgan fingerprint density at radius 3 is 3.00 bits per heavy atom. The second-order valence-electron chi connectivity index (χ2n) is 6.06. The van der Waals surface area contributed by atoms with Crippen molar-refractivity contribution in [2.75, 3.05) is 26.7 Å². The van der Waals surface area contributed by atoms with Crippen molar-refractivity contribution in [2.45, 2.75) is 31.7 Å². The molecule has 1 saturated heterocycles. The molecule has 1 aromatic rings. The van der Waals surface area contributed by atoms with Crippen LogP contribution in [-0.2, 0) is 6.42 Å². The van der Waals surface area contributed by atoms with Crippen molar-refractivity contribution < 1.29 is 0 Å². The van der Waals surface area contributed by atoms with Crippen molar-refractivity contribution in [3.8, 4) is 0 Å². The molecule has 3 atom stereocenters. The third-order valence-electron chi connectivity index (χ3n) is 5.04. The zero-order valence-corrected chi connectivity index (χ0v) is 12.6. The monoisotopic (exact) mass is 278 g/mol. The van der Waals surface area contributed by atoms with Gasteiger partial charge in [-0.05, 0) is 48.9 Å². The van der Waals surface area contributed by atoms with Crippen molar-refractivity contribution in [3.05, 3.63) is 34.3 Å². The zero-order chi connectivity index (χ0) is 13.4. The van der Waals surface area contributed by atoms with Gasteiger partial charge in [-0.2, -0.15) is 0 Å². The largest absolute Gasteiger partial charge is 0.314 e. The van der Waals surface area contributed by atoms with Gasteiger partial charge in [0.2, 0.25) is 0 Å². The predicted octanol–water partition coefficient (Wildman–Crippen LogP) is 2.91. The molecule has 0 bridgehead atoms. The second-order valence-corrected chi connectivity index (χ2v) is 6.46. The van der Waals surface area contributed by atoms with Crippen LogP contribution in [0.25, 0.3) is 0 Å². The number of likely N-dealkylation sites (N-methyl/N-ethyl adjacent to an activating group) is 1. The summed E-state index contributed by atoms with van der Waals surface area (Å²) in [5.41, 5.74) is 2.86. The Morgan fingerprint density at radius 1 is 1.37 bits per heavy atom. The van der Waals surface area contributed by atoms with E-state index in [9.17, 15) is 0 Å². The number of nitrogens with one attached hydrogen (secondary N) is 1. The van der Waals surface area contributed by atoms with E-state index in [0.717, 1.165) is 24.7 Å². The predicted molar refractivity (Wildman–Crippen MR) is 81.0 cm³/mol. The third-order valence-corrected chi connectivity index (χ3v) is 5.37. The minimum Gasteiger partial charge on any atom is -0.314 e. The molecule has 2 aliphatic rings. The average molecular weight is 279 g/mol. The van der Waals surface area contributed by atoms with Gasteiger partial charge in [0.25, 0.3) is 0 Å². The molecule has 19 heavy (non-hydrogen) atoms. The van der Waals surface area contributed by atoms with Gasteiger partial charge in [-0.3, -0.25) is 0 Å². The molecule has 0 aromatic heterocycles. The molecule has 3 heteroatoms. The van der Waals surface area contributed by atoms with Crippen LogP contribution in [0.4, 0.5) is 0 Å². The molecule has 1 aromatic carbocycles. The second kappa shape index (κ2) is 5.43. The van der Waals surface area contributed by atoms with E-state index < -0.39 is 0 Å². The number of piperazine rings is 1. The summed E-state index contributed by atoms with van der Waals surface area (Å²) in [7, 11) is 2.26. The Bertz CT molecular complexity index is 460. The van der Waals surface area contributed by atoms with E-state index in [4.69, 9.17) is 11.6 Å². The summed E-state index contributed by atoms with van der Waals surface area (Å²) in [4.78, 5) is 2.53. The van der Waals surface area contributed by atoms with Crippen LogP contribution in [0.15, 0.2) is 18.2 Å². The average Bonchev–Trinajstić information content (AvgIpc) is 2.40. The lowest BCUT2D eigenvalue weighted by molar-refractivity contribution is 0.119. The SMILES string of the molecule is CC1c2c(Cl)cccc2CCC1C1CNCCN1C. The lowest BCUT2D eigenvalue weighted by Crippen LogP contribution is -2.54. The summed E-state index contributed by atoms with van der Waals surface area (Å²) in [6.07, 6.45) is 2.46. The maximum absolute atomic E-state index is 6.45. The van der Waals surface area contributed by atoms with Gasteiger partial charge in [-0.15, -0.1) is 0 Å². The maximum atomic E-state index is 6.45. The number of nitrogens with zero attached hydrogens (tertiary/aromatic N) is 1. The quantitative estimate of drug-likeness (QED) is 0.850. The molecule has 3 rings (SSSR count). The van der Waals surface area contributed by atoms with Crippen LogP contribution >= 0.6 is 11.6 Å². The van der Waals surface area contributed by atoms with Gasteiger partial charge in [0.05, 0.1) is 0 Å². The minimum atomic E-state index is 0.560. The Morgan fingerprint density at radius 2 is 2.21 bits per heavy atom. The molecule has 1 fully saturated rings. The summed E-state index contributed by atoms with van der Waals surface area (Å²) in [5.74, 6) is 1.27. The highest BCUT2D eigenvalue weighted by atomic mass is 35.5. The van der Waals surface area contributed by atoms with Gasteiger partial charge < -0.3 is 10.2 Å². The van der Waals surface area contributed by atoms with Crippen LogP contribution in [0.5, 0.6) is 0 Å². The van der Waals surface area contributed by atoms with Crippen LogP contribution in [0.1, 0.15) is 30.4 Å². The fraction of sp³-hybridized carbons (Fsp3) is 0.625. The van der Waals surface area contributed by atoms with Crippen LogP contribution in [-0.4, -0.2) is 37.6 Å². The number of hydrogen-bond donors (Lipinski definition) is 1. The van der Waals surface area contributed by atoms with Crippen molar-refractivity contribution in [2.24, 2.45) is 5.92 Å². The molecule has 0 amide bonds. The van der Waals surface area contributed by atoms with Crippen LogP contribution in [0.2, 0.25) is 5.02 Å². The first-order valence-corrected chi connectivity index (χ1v) is 7.74. The Labute approximate surface area is 121 Å². The van der Waals surface area contributed by atoms with E-state index in [-0.39, 0.29) is 0 Å². The summed E-state index contributed by atoms with van der Waals surface area (Å²) in [6.45, 7) is 5.75. The van der Waals surface area contributed by atoms with Crippen LogP contribution in [0.3, 0.4) is 0 Å². The minimum absolute atomic E-state index is 0.560. The lowest BCUT2D eigenvalue weighted by Gasteiger charge is -2.43. The van der Waals surface area contributed by atoms with E-state index in [1.807, 2.05) is 6.07 Å². The molecule has 0 saturated carbocycles. The van der Waals surface area contributed by atoms with Gasteiger partial charge in [-0.1, -0.05) is 30.7 Å². The Hall–Kier alpha value is -0.570. The zero-order valence-electron chi connectivity index (χ0n) is 11.8. The van der Waals surface area contributed by atoms with Crippen LogP contribution in [0, 0.1) is 5.92 Å². The normalized spacial score (nSPS) is 32.1. The molecule has 0 spiro atoms. The molecule has 104 valence electrons. The molecular formula is C16H23ClN2. The topological polar surface area (TPSA) is 15.3 Å².